The maximum atomic E-state index is 5.28. The first-order chi connectivity index (χ1) is 11.5. The Labute approximate surface area is 149 Å². The van der Waals surface area contributed by atoms with Crippen molar-refractivity contribution in [2.24, 2.45) is 0 Å². The second kappa shape index (κ2) is 8.99. The van der Waals surface area contributed by atoms with E-state index in [1.54, 1.807) is 7.11 Å². The van der Waals surface area contributed by atoms with E-state index in [-0.39, 0.29) is 0 Å². The number of nitrogens with one attached hydrogen (secondary N) is 1. The highest BCUT2D eigenvalue weighted by Gasteiger charge is 2.16. The third-order valence-electron chi connectivity index (χ3n) is 3.73. The van der Waals surface area contributed by atoms with Gasteiger partial charge in [-0.15, -0.1) is 0 Å². The molecular weight excluding hydrogens is 320 g/mol. The van der Waals surface area contributed by atoms with Gasteiger partial charge < -0.3 is 15.0 Å². The Morgan fingerprint density at radius 1 is 1.25 bits per heavy atom. The van der Waals surface area contributed by atoms with Crippen LogP contribution in [0, 0.1) is 0 Å². The summed E-state index contributed by atoms with van der Waals surface area (Å²) in [6.45, 7) is 10.6. The van der Waals surface area contributed by atoms with Crippen molar-refractivity contribution in [3.05, 3.63) is 35.7 Å². The predicted molar refractivity (Wildman–Crippen MR) is 101 cm³/mol. The van der Waals surface area contributed by atoms with Crippen LogP contribution >= 0.6 is 11.5 Å². The van der Waals surface area contributed by atoms with Crippen LogP contribution in [0.1, 0.15) is 39.1 Å². The van der Waals surface area contributed by atoms with Crippen LogP contribution in [0.25, 0.3) is 0 Å². The zero-order valence-corrected chi connectivity index (χ0v) is 16.1. The first-order valence-electron chi connectivity index (χ1n) is 8.45. The quantitative estimate of drug-likeness (QED) is 0.753. The van der Waals surface area contributed by atoms with Crippen molar-refractivity contribution < 1.29 is 4.74 Å². The topological polar surface area (TPSA) is 50.3 Å². The molecular formula is C18H28N4OS. The van der Waals surface area contributed by atoms with Crippen LogP contribution in [0.2, 0.25) is 0 Å². The van der Waals surface area contributed by atoms with Crippen LogP contribution < -0.4 is 15.0 Å². The number of rotatable bonds is 9. The maximum absolute atomic E-state index is 5.28. The lowest BCUT2D eigenvalue weighted by Gasteiger charge is -2.26. The number of anilines is 1. The van der Waals surface area contributed by atoms with Crippen molar-refractivity contribution in [3.63, 3.8) is 0 Å². The average molecular weight is 349 g/mol. The third kappa shape index (κ3) is 5.46. The molecule has 0 amide bonds. The third-order valence-corrected chi connectivity index (χ3v) is 4.52. The highest BCUT2D eigenvalue weighted by molar-refractivity contribution is 7.09. The van der Waals surface area contributed by atoms with Gasteiger partial charge in [-0.2, -0.15) is 4.37 Å². The Bertz CT molecular complexity index is 627. The van der Waals surface area contributed by atoms with Crippen LogP contribution in [0.4, 0.5) is 5.13 Å². The van der Waals surface area contributed by atoms with Crippen molar-refractivity contribution in [1.29, 1.82) is 0 Å². The highest BCUT2D eigenvalue weighted by Crippen LogP contribution is 2.22. The van der Waals surface area contributed by atoms with E-state index in [1.165, 1.54) is 11.5 Å². The lowest BCUT2D eigenvalue weighted by Crippen LogP contribution is -2.38. The van der Waals surface area contributed by atoms with Gasteiger partial charge in [-0.3, -0.25) is 0 Å². The zero-order valence-electron chi connectivity index (χ0n) is 15.2. The monoisotopic (exact) mass is 348 g/mol. The van der Waals surface area contributed by atoms with Gasteiger partial charge in [-0.25, -0.2) is 4.98 Å². The minimum Gasteiger partial charge on any atom is -0.497 e. The molecule has 1 aromatic heterocycles. The Kier molecular flexibility index (Phi) is 6.99. The fraction of sp³-hybridized carbons (Fsp3) is 0.556. The van der Waals surface area contributed by atoms with E-state index in [0.717, 1.165) is 41.8 Å². The second-order valence-electron chi connectivity index (χ2n) is 6.42. The molecule has 1 N–H and O–H groups in total. The van der Waals surface area contributed by atoms with E-state index in [4.69, 9.17) is 9.72 Å². The normalized spacial score (nSPS) is 11.3. The van der Waals surface area contributed by atoms with E-state index in [0.29, 0.717) is 12.1 Å². The molecule has 0 saturated carbocycles. The Morgan fingerprint density at radius 3 is 2.71 bits per heavy atom. The molecule has 1 heterocycles. The minimum absolute atomic E-state index is 0.400. The zero-order chi connectivity index (χ0) is 17.5. The van der Waals surface area contributed by atoms with Crippen molar-refractivity contribution in [2.75, 3.05) is 25.1 Å². The fourth-order valence-corrected chi connectivity index (χ4v) is 3.29. The van der Waals surface area contributed by atoms with E-state index >= 15 is 0 Å². The summed E-state index contributed by atoms with van der Waals surface area (Å²) in [7, 11) is 1.68. The molecule has 1 aromatic carbocycles. The van der Waals surface area contributed by atoms with Gasteiger partial charge in [0.1, 0.15) is 11.6 Å². The summed E-state index contributed by atoms with van der Waals surface area (Å²) in [5.74, 6) is 1.73. The summed E-state index contributed by atoms with van der Waals surface area (Å²) >= 11 is 1.48. The van der Waals surface area contributed by atoms with Crippen LogP contribution in [0.3, 0.4) is 0 Å². The largest absolute Gasteiger partial charge is 0.497 e. The van der Waals surface area contributed by atoms with E-state index < -0.39 is 0 Å². The standard InChI is InChI=1S/C18H28N4OS/c1-13(2)19-9-10-22(14(3)4)18-20-17(21-24-18)12-15-7-6-8-16(11-15)23-5/h6-8,11,13-14,19H,9-10,12H2,1-5H3. The summed E-state index contributed by atoms with van der Waals surface area (Å²) in [6.07, 6.45) is 0.726. The smallest absolute Gasteiger partial charge is 0.205 e. The van der Waals surface area contributed by atoms with Crippen LogP contribution in [0.15, 0.2) is 24.3 Å². The molecule has 0 bridgehead atoms. The van der Waals surface area contributed by atoms with E-state index in [1.807, 2.05) is 18.2 Å². The molecule has 132 valence electrons. The van der Waals surface area contributed by atoms with Crippen LogP contribution in [-0.2, 0) is 6.42 Å². The molecule has 0 saturated heterocycles. The summed E-state index contributed by atoms with van der Waals surface area (Å²) in [4.78, 5) is 7.05. The van der Waals surface area contributed by atoms with Gasteiger partial charge >= 0.3 is 0 Å². The lowest BCUT2D eigenvalue weighted by molar-refractivity contribution is 0.414. The van der Waals surface area contributed by atoms with Crippen molar-refractivity contribution in [2.45, 2.75) is 46.2 Å². The average Bonchev–Trinajstić information content (AvgIpc) is 2.99. The fourth-order valence-electron chi connectivity index (χ4n) is 2.45. The molecule has 0 aliphatic rings. The molecule has 0 aliphatic heterocycles. The van der Waals surface area contributed by atoms with Crippen molar-refractivity contribution in [3.8, 4) is 5.75 Å². The van der Waals surface area contributed by atoms with Crippen LogP contribution in [-0.4, -0.2) is 41.6 Å². The van der Waals surface area contributed by atoms with E-state index in [9.17, 15) is 0 Å². The van der Waals surface area contributed by atoms with Crippen molar-refractivity contribution >= 4 is 16.7 Å². The molecule has 5 nitrogen and oxygen atoms in total. The maximum Gasteiger partial charge on any atom is 0.205 e. The molecule has 0 spiro atoms. The molecule has 0 fully saturated rings. The van der Waals surface area contributed by atoms with Crippen molar-refractivity contribution in [1.82, 2.24) is 14.7 Å². The van der Waals surface area contributed by atoms with Gasteiger partial charge in [0.15, 0.2) is 0 Å². The summed E-state index contributed by atoms with van der Waals surface area (Å²) in [5, 5.41) is 4.45. The van der Waals surface area contributed by atoms with Gasteiger partial charge in [0.25, 0.3) is 0 Å². The Morgan fingerprint density at radius 2 is 2.04 bits per heavy atom. The lowest BCUT2D eigenvalue weighted by atomic mass is 10.1. The van der Waals surface area contributed by atoms with Gasteiger partial charge in [0.05, 0.1) is 7.11 Å². The molecule has 2 rings (SSSR count). The highest BCUT2D eigenvalue weighted by atomic mass is 32.1. The number of benzene rings is 1. The molecule has 0 radical (unpaired) electrons. The number of aromatic nitrogens is 2. The molecule has 2 aromatic rings. The SMILES string of the molecule is COc1cccc(Cc2nsc(N(CCNC(C)C)C(C)C)n2)c1. The predicted octanol–water partition coefficient (Wildman–Crippen LogP) is 3.35. The van der Waals surface area contributed by atoms with Gasteiger partial charge in [-0.05, 0) is 31.5 Å². The summed E-state index contributed by atoms with van der Waals surface area (Å²) in [6, 6.07) is 8.96. The summed E-state index contributed by atoms with van der Waals surface area (Å²) < 4.78 is 9.82. The van der Waals surface area contributed by atoms with Gasteiger partial charge in [0, 0.05) is 43.1 Å². The van der Waals surface area contributed by atoms with E-state index in [2.05, 4.69) is 48.4 Å². The second-order valence-corrected chi connectivity index (χ2v) is 7.15. The molecule has 0 unspecified atom stereocenters. The van der Waals surface area contributed by atoms with Gasteiger partial charge in [-0.1, -0.05) is 26.0 Å². The molecule has 6 heteroatoms. The molecule has 0 aliphatic carbocycles. The number of hydrogen-bond acceptors (Lipinski definition) is 6. The first-order valence-corrected chi connectivity index (χ1v) is 9.22. The van der Waals surface area contributed by atoms with Gasteiger partial charge in [0.2, 0.25) is 5.13 Å². The molecule has 24 heavy (non-hydrogen) atoms. The number of nitrogens with zero attached hydrogens (tertiary/aromatic N) is 3. The first kappa shape index (κ1) is 18.7. The Balaban J connectivity index is 2.03. The molecule has 0 atom stereocenters. The minimum atomic E-state index is 0.400. The number of hydrogen-bond donors (Lipinski definition) is 1. The Hall–Kier alpha value is -1.66. The van der Waals surface area contributed by atoms with Crippen LogP contribution in [0.5, 0.6) is 5.75 Å². The summed E-state index contributed by atoms with van der Waals surface area (Å²) in [5.41, 5.74) is 1.16. The number of methoxy groups -OCH3 is 1. The number of ether oxygens (including phenoxy) is 1.